The second-order valence-corrected chi connectivity index (χ2v) is 6.17. The lowest BCUT2D eigenvalue weighted by Crippen LogP contribution is -2.47. The molecule has 1 aliphatic rings. The average molecular weight is 328 g/mol. The van der Waals surface area contributed by atoms with Crippen molar-refractivity contribution in [1.29, 1.82) is 0 Å². The summed E-state index contributed by atoms with van der Waals surface area (Å²) >= 11 is 0. The third kappa shape index (κ3) is 4.84. The fourth-order valence-corrected chi connectivity index (χ4v) is 2.72. The van der Waals surface area contributed by atoms with Gasteiger partial charge in [0.05, 0.1) is 12.0 Å². The summed E-state index contributed by atoms with van der Waals surface area (Å²) in [6, 6.07) is 5.55. The molecule has 128 valence electrons. The van der Waals surface area contributed by atoms with Crippen LogP contribution in [0.4, 0.5) is 0 Å². The van der Waals surface area contributed by atoms with Crippen molar-refractivity contribution in [2.24, 2.45) is 0 Å². The molecule has 1 aliphatic carbocycles. The molecule has 0 spiro atoms. The summed E-state index contributed by atoms with van der Waals surface area (Å²) in [5.74, 6) is 4.13. The van der Waals surface area contributed by atoms with E-state index in [9.17, 15) is 19.8 Å². The van der Waals surface area contributed by atoms with Crippen LogP contribution in [-0.4, -0.2) is 28.6 Å². The molecule has 1 fully saturated rings. The largest absolute Gasteiger partial charge is 0.548 e. The van der Waals surface area contributed by atoms with E-state index in [-0.39, 0.29) is 6.42 Å². The Morgan fingerprint density at radius 1 is 1.25 bits per heavy atom. The van der Waals surface area contributed by atoms with Gasteiger partial charge in [-0.2, -0.15) is 0 Å². The number of nitrogens with one attached hydrogen (secondary N) is 1. The Bertz CT molecular complexity index is 648. The first-order valence-corrected chi connectivity index (χ1v) is 8.31. The molecule has 0 unspecified atom stereocenters. The number of carbonyl (C=O) groups excluding carboxylic acids is 2. The summed E-state index contributed by atoms with van der Waals surface area (Å²) in [5, 5.41) is 23.6. The van der Waals surface area contributed by atoms with Gasteiger partial charge in [0.2, 0.25) is 0 Å². The van der Waals surface area contributed by atoms with Gasteiger partial charge in [0, 0.05) is 11.1 Å². The third-order valence-electron chi connectivity index (χ3n) is 4.27. The van der Waals surface area contributed by atoms with E-state index in [1.807, 2.05) is 0 Å². The minimum absolute atomic E-state index is 0.260. The standard InChI is InChI=1S/C19H23NO4/c1-2-16(18(22)23)20-17(21)15-8-6-14(7-9-15)10-13-19(24)11-4-3-5-12-19/h6-9,16,24H,2-5,11-12H2,1H3,(H,20,21)(H,22,23)/p-1/t16-/m0/s1. The molecule has 0 bridgehead atoms. The molecule has 5 nitrogen and oxygen atoms in total. The van der Waals surface area contributed by atoms with Gasteiger partial charge < -0.3 is 20.3 Å². The van der Waals surface area contributed by atoms with Gasteiger partial charge in [-0.05, 0) is 56.4 Å². The molecule has 0 aliphatic heterocycles. The highest BCUT2D eigenvalue weighted by Crippen LogP contribution is 2.27. The minimum Gasteiger partial charge on any atom is -0.548 e. The molecule has 0 saturated heterocycles. The molecule has 1 amide bonds. The van der Waals surface area contributed by atoms with E-state index in [2.05, 4.69) is 17.2 Å². The molecule has 0 heterocycles. The van der Waals surface area contributed by atoms with Crippen LogP contribution in [0.3, 0.4) is 0 Å². The zero-order valence-electron chi connectivity index (χ0n) is 13.8. The van der Waals surface area contributed by atoms with Gasteiger partial charge in [-0.25, -0.2) is 0 Å². The highest BCUT2D eigenvalue weighted by atomic mass is 16.4. The predicted molar refractivity (Wildman–Crippen MR) is 87.9 cm³/mol. The van der Waals surface area contributed by atoms with Crippen molar-refractivity contribution in [3.8, 4) is 11.8 Å². The number of rotatable bonds is 4. The molecule has 24 heavy (non-hydrogen) atoms. The number of hydrogen-bond acceptors (Lipinski definition) is 4. The number of amides is 1. The van der Waals surface area contributed by atoms with Crippen LogP contribution in [-0.2, 0) is 4.79 Å². The molecule has 2 N–H and O–H groups in total. The monoisotopic (exact) mass is 328 g/mol. The lowest BCUT2D eigenvalue weighted by molar-refractivity contribution is -0.308. The number of carboxylic acid groups (broad SMARTS) is 1. The highest BCUT2D eigenvalue weighted by molar-refractivity contribution is 5.96. The lowest BCUT2D eigenvalue weighted by atomic mass is 9.85. The smallest absolute Gasteiger partial charge is 0.251 e. The van der Waals surface area contributed by atoms with E-state index in [1.165, 1.54) is 0 Å². The van der Waals surface area contributed by atoms with Gasteiger partial charge in [0.25, 0.3) is 5.91 Å². The highest BCUT2D eigenvalue weighted by Gasteiger charge is 2.26. The van der Waals surface area contributed by atoms with Gasteiger partial charge >= 0.3 is 0 Å². The summed E-state index contributed by atoms with van der Waals surface area (Å²) < 4.78 is 0. The third-order valence-corrected chi connectivity index (χ3v) is 4.27. The summed E-state index contributed by atoms with van der Waals surface area (Å²) in [6.45, 7) is 1.66. The summed E-state index contributed by atoms with van der Waals surface area (Å²) in [6.07, 6.45) is 4.77. The molecule has 0 aromatic heterocycles. The molecular formula is C19H22NO4-. The molecule has 1 saturated carbocycles. The Hall–Kier alpha value is -2.32. The zero-order chi connectivity index (χ0) is 17.6. The van der Waals surface area contributed by atoms with Crippen LogP contribution in [0, 0.1) is 11.8 Å². The Kier molecular flexibility index (Phi) is 5.99. The van der Waals surface area contributed by atoms with E-state index in [1.54, 1.807) is 31.2 Å². The van der Waals surface area contributed by atoms with Crippen molar-refractivity contribution in [2.75, 3.05) is 0 Å². The molecule has 5 heteroatoms. The number of carboxylic acids is 1. The van der Waals surface area contributed by atoms with Crippen LogP contribution in [0.25, 0.3) is 0 Å². The summed E-state index contributed by atoms with van der Waals surface area (Å²) in [7, 11) is 0. The Balaban J connectivity index is 2.03. The van der Waals surface area contributed by atoms with Crippen molar-refractivity contribution in [1.82, 2.24) is 5.32 Å². The van der Waals surface area contributed by atoms with Crippen molar-refractivity contribution >= 4 is 11.9 Å². The quantitative estimate of drug-likeness (QED) is 0.807. The first kappa shape index (κ1) is 18.0. The van der Waals surface area contributed by atoms with Crippen LogP contribution in [0.15, 0.2) is 24.3 Å². The second-order valence-electron chi connectivity index (χ2n) is 6.17. The van der Waals surface area contributed by atoms with E-state index < -0.39 is 23.5 Å². The molecule has 1 aromatic rings. The maximum atomic E-state index is 12.0. The fourth-order valence-electron chi connectivity index (χ4n) is 2.72. The maximum absolute atomic E-state index is 12.0. The van der Waals surface area contributed by atoms with Gasteiger partial charge in [-0.15, -0.1) is 0 Å². The molecule has 0 radical (unpaired) electrons. The van der Waals surface area contributed by atoms with Crippen LogP contribution < -0.4 is 10.4 Å². The van der Waals surface area contributed by atoms with Gasteiger partial charge in [0.1, 0.15) is 5.60 Å². The number of carbonyl (C=O) groups is 2. The van der Waals surface area contributed by atoms with E-state index in [0.717, 1.165) is 19.3 Å². The fraction of sp³-hybridized carbons (Fsp3) is 0.474. The number of benzene rings is 1. The number of hydrogen-bond donors (Lipinski definition) is 2. The second kappa shape index (κ2) is 7.98. The Morgan fingerprint density at radius 2 is 1.88 bits per heavy atom. The van der Waals surface area contributed by atoms with Crippen molar-refractivity contribution < 1.29 is 19.8 Å². The van der Waals surface area contributed by atoms with Crippen LogP contribution in [0.5, 0.6) is 0 Å². The van der Waals surface area contributed by atoms with Crippen LogP contribution in [0.2, 0.25) is 0 Å². The summed E-state index contributed by atoms with van der Waals surface area (Å²) in [5.41, 5.74) is 0.158. The molecule has 1 atom stereocenters. The maximum Gasteiger partial charge on any atom is 0.251 e. The molecule has 2 rings (SSSR count). The minimum atomic E-state index is -1.30. The average Bonchev–Trinajstić information content (AvgIpc) is 2.58. The van der Waals surface area contributed by atoms with Gasteiger partial charge in [-0.1, -0.05) is 25.2 Å². The Labute approximate surface area is 142 Å². The first-order chi connectivity index (χ1) is 11.4. The Morgan fingerprint density at radius 3 is 2.42 bits per heavy atom. The molecule has 1 aromatic carbocycles. The van der Waals surface area contributed by atoms with Crippen molar-refractivity contribution in [3.63, 3.8) is 0 Å². The SMILES string of the molecule is CC[C@H](NC(=O)c1ccc(C#CC2(O)CCCCC2)cc1)C(=O)[O-]. The van der Waals surface area contributed by atoms with Crippen LogP contribution >= 0.6 is 0 Å². The zero-order valence-corrected chi connectivity index (χ0v) is 13.8. The normalized spacial score (nSPS) is 17.2. The number of aliphatic hydroxyl groups is 1. The summed E-state index contributed by atoms with van der Waals surface area (Å²) in [4.78, 5) is 22.9. The van der Waals surface area contributed by atoms with E-state index in [4.69, 9.17) is 0 Å². The number of aliphatic carboxylic acids is 1. The molecular weight excluding hydrogens is 306 g/mol. The van der Waals surface area contributed by atoms with E-state index in [0.29, 0.717) is 24.0 Å². The topological polar surface area (TPSA) is 89.5 Å². The van der Waals surface area contributed by atoms with E-state index >= 15 is 0 Å². The van der Waals surface area contributed by atoms with Crippen molar-refractivity contribution in [2.45, 2.75) is 57.1 Å². The first-order valence-electron chi connectivity index (χ1n) is 8.31. The van der Waals surface area contributed by atoms with Gasteiger partial charge in [0.15, 0.2) is 0 Å². The lowest BCUT2D eigenvalue weighted by Gasteiger charge is -2.26. The predicted octanol–water partition coefficient (Wildman–Crippen LogP) is 0.992. The van der Waals surface area contributed by atoms with Crippen LogP contribution in [0.1, 0.15) is 61.4 Å². The van der Waals surface area contributed by atoms with Gasteiger partial charge in [-0.3, -0.25) is 4.79 Å². The van der Waals surface area contributed by atoms with Crippen molar-refractivity contribution in [3.05, 3.63) is 35.4 Å².